The van der Waals surface area contributed by atoms with E-state index >= 15 is 0 Å². The van der Waals surface area contributed by atoms with Gasteiger partial charge in [-0.05, 0) is 35.1 Å². The number of rotatable bonds is 7. The number of hydrogen-bond acceptors (Lipinski definition) is 6. The smallest absolute Gasteiger partial charge is 0.238 e. The van der Waals surface area contributed by atoms with Gasteiger partial charge in [0.25, 0.3) is 0 Å². The first-order valence-corrected chi connectivity index (χ1v) is 10.4. The lowest BCUT2D eigenvalue weighted by Crippen LogP contribution is -2.12. The summed E-state index contributed by atoms with van der Waals surface area (Å²) in [6.07, 6.45) is 0.208. The van der Waals surface area contributed by atoms with E-state index < -0.39 is 10.0 Å². The fraction of sp³-hybridized carbons (Fsp3) is 0.400. The van der Waals surface area contributed by atoms with E-state index in [1.54, 1.807) is 24.3 Å². The fourth-order valence-corrected chi connectivity index (χ4v) is 4.42. The number of ketones is 1. The lowest BCUT2D eigenvalue weighted by atomic mass is 10.0. The molecule has 28 heavy (non-hydrogen) atoms. The maximum atomic E-state index is 13.0. The minimum atomic E-state index is -3.74. The maximum absolute atomic E-state index is 13.0. The molecule has 1 aromatic heterocycles. The van der Waals surface area contributed by atoms with Crippen LogP contribution in [-0.2, 0) is 21.2 Å². The summed E-state index contributed by atoms with van der Waals surface area (Å²) in [6, 6.07) is 9.92. The molecule has 1 aliphatic rings. The van der Waals surface area contributed by atoms with Crippen LogP contribution >= 0.6 is 0 Å². The maximum Gasteiger partial charge on any atom is 0.238 e. The molecule has 2 aromatic rings. The predicted molar refractivity (Wildman–Crippen MR) is 104 cm³/mol. The van der Waals surface area contributed by atoms with Crippen molar-refractivity contribution >= 4 is 15.8 Å². The number of nitrogens with two attached hydrogens (primary N) is 1. The highest BCUT2D eigenvalue weighted by atomic mass is 32.2. The van der Waals surface area contributed by atoms with Crippen molar-refractivity contribution in [3.63, 3.8) is 0 Å². The molecule has 1 saturated carbocycles. The van der Waals surface area contributed by atoms with Crippen LogP contribution in [-0.4, -0.2) is 33.4 Å². The first-order chi connectivity index (χ1) is 13.1. The monoisotopic (exact) mass is 404 g/mol. The number of methoxy groups -OCH3 is 2. The third kappa shape index (κ3) is 3.74. The second-order valence-corrected chi connectivity index (χ2v) is 9.12. The highest BCUT2D eigenvalue weighted by molar-refractivity contribution is 7.89. The topological polar surface area (TPSA) is 109 Å². The number of pyridine rings is 1. The van der Waals surface area contributed by atoms with Gasteiger partial charge in [-0.15, -0.1) is 0 Å². The van der Waals surface area contributed by atoms with E-state index in [9.17, 15) is 13.2 Å². The van der Waals surface area contributed by atoms with Crippen LogP contribution in [0.2, 0.25) is 0 Å². The summed E-state index contributed by atoms with van der Waals surface area (Å²) in [5.41, 5.74) is 1.42. The molecule has 3 rings (SSSR count). The van der Waals surface area contributed by atoms with E-state index in [0.29, 0.717) is 17.3 Å². The largest absolute Gasteiger partial charge is 0.481 e. The average molecular weight is 404 g/mol. The summed E-state index contributed by atoms with van der Waals surface area (Å²) in [5, 5.41) is 5.15. The van der Waals surface area contributed by atoms with Gasteiger partial charge in [-0.2, -0.15) is 4.98 Å². The quantitative estimate of drug-likeness (QED) is 0.758. The Balaban J connectivity index is 1.80. The molecule has 0 spiro atoms. The lowest BCUT2D eigenvalue weighted by Gasteiger charge is -2.09. The molecule has 150 valence electrons. The molecular weight excluding hydrogens is 380 g/mol. The molecule has 1 heterocycles. The fourth-order valence-electron chi connectivity index (χ4n) is 3.90. The van der Waals surface area contributed by atoms with Crippen molar-refractivity contribution in [3.8, 4) is 11.8 Å². The number of primary sulfonamides is 1. The third-order valence-electron chi connectivity index (χ3n) is 5.42. The van der Waals surface area contributed by atoms with Gasteiger partial charge in [0, 0.05) is 24.0 Å². The van der Waals surface area contributed by atoms with Crippen LogP contribution in [0.1, 0.15) is 30.9 Å². The number of carbonyl (C=O) groups is 1. The third-order valence-corrected chi connectivity index (χ3v) is 6.35. The number of aromatic nitrogens is 1. The minimum Gasteiger partial charge on any atom is -0.481 e. The number of nitrogens with zero attached hydrogens (tertiary/aromatic N) is 1. The molecular formula is C20H24N2O5S. The van der Waals surface area contributed by atoms with E-state index in [1.165, 1.54) is 26.4 Å². The molecule has 0 radical (unpaired) electrons. The predicted octanol–water partition coefficient (Wildman–Crippen LogP) is 2.30. The Kier molecular flexibility index (Phi) is 5.20. The Morgan fingerprint density at radius 1 is 1.11 bits per heavy atom. The Hall–Kier alpha value is -2.45. The van der Waals surface area contributed by atoms with Gasteiger partial charge in [0.15, 0.2) is 0 Å². The molecule has 8 heteroatoms. The molecule has 2 atom stereocenters. The van der Waals surface area contributed by atoms with Crippen molar-refractivity contribution < 1.29 is 22.7 Å². The van der Waals surface area contributed by atoms with Gasteiger partial charge in [-0.3, -0.25) is 4.79 Å². The SMILES string of the molecule is COc1ccc(CC(=O)C2C(c3ccc(S(N)(=O)=O)cc3)C2(C)C)c(OC)n1. The summed E-state index contributed by atoms with van der Waals surface area (Å²) >= 11 is 0. The van der Waals surface area contributed by atoms with Crippen LogP contribution in [0.4, 0.5) is 0 Å². The van der Waals surface area contributed by atoms with Crippen LogP contribution < -0.4 is 14.6 Å². The molecule has 0 bridgehead atoms. The highest BCUT2D eigenvalue weighted by Gasteiger charge is 2.61. The summed E-state index contributed by atoms with van der Waals surface area (Å²) < 4.78 is 33.2. The Morgan fingerprint density at radius 2 is 1.75 bits per heavy atom. The lowest BCUT2D eigenvalue weighted by molar-refractivity contribution is -0.120. The number of carbonyl (C=O) groups excluding carboxylic acids is 1. The molecule has 2 unspecified atom stereocenters. The van der Waals surface area contributed by atoms with Crippen molar-refractivity contribution in [3.05, 3.63) is 47.5 Å². The number of hydrogen-bond donors (Lipinski definition) is 1. The van der Waals surface area contributed by atoms with E-state index in [-0.39, 0.29) is 34.4 Å². The van der Waals surface area contributed by atoms with Gasteiger partial charge < -0.3 is 9.47 Å². The normalized spacial score (nSPS) is 20.5. The zero-order valence-corrected chi connectivity index (χ0v) is 17.1. The number of ether oxygens (including phenoxy) is 2. The van der Waals surface area contributed by atoms with Gasteiger partial charge in [-0.1, -0.05) is 26.0 Å². The standard InChI is InChI=1S/C20H24N2O5S/c1-20(2)17(12-5-8-14(9-6-12)28(21,24)25)18(20)15(23)11-13-7-10-16(26-3)22-19(13)27-4/h5-10,17-18H,11H2,1-4H3,(H2,21,24,25). The molecule has 0 amide bonds. The summed E-state index contributed by atoms with van der Waals surface area (Å²) in [6.45, 7) is 4.08. The molecule has 1 fully saturated rings. The van der Waals surface area contributed by atoms with Crippen LogP contribution in [0, 0.1) is 11.3 Å². The van der Waals surface area contributed by atoms with Crippen LogP contribution in [0.5, 0.6) is 11.8 Å². The van der Waals surface area contributed by atoms with E-state index in [2.05, 4.69) is 4.98 Å². The van der Waals surface area contributed by atoms with Crippen molar-refractivity contribution in [1.82, 2.24) is 4.98 Å². The van der Waals surface area contributed by atoms with Gasteiger partial charge in [0.1, 0.15) is 5.78 Å². The molecule has 0 saturated heterocycles. The second kappa shape index (κ2) is 7.18. The summed E-state index contributed by atoms with van der Waals surface area (Å²) in [4.78, 5) is 17.3. The first-order valence-electron chi connectivity index (χ1n) is 8.83. The number of benzene rings is 1. The van der Waals surface area contributed by atoms with Gasteiger partial charge in [0.05, 0.1) is 19.1 Å². The van der Waals surface area contributed by atoms with Crippen molar-refractivity contribution in [1.29, 1.82) is 0 Å². The van der Waals surface area contributed by atoms with Crippen LogP contribution in [0.3, 0.4) is 0 Å². The molecule has 0 aliphatic heterocycles. The van der Waals surface area contributed by atoms with E-state index in [0.717, 1.165) is 5.56 Å². The number of Topliss-reactive ketones (excluding diaryl/α,β-unsaturated/α-hetero) is 1. The highest BCUT2D eigenvalue weighted by Crippen LogP contribution is 2.65. The Morgan fingerprint density at radius 3 is 2.29 bits per heavy atom. The van der Waals surface area contributed by atoms with Gasteiger partial charge >= 0.3 is 0 Å². The van der Waals surface area contributed by atoms with Gasteiger partial charge in [0.2, 0.25) is 21.8 Å². The number of sulfonamides is 1. The van der Waals surface area contributed by atoms with Crippen molar-refractivity contribution in [2.24, 2.45) is 16.5 Å². The summed E-state index contributed by atoms with van der Waals surface area (Å²) in [5.74, 6) is 0.745. The molecule has 2 N–H and O–H groups in total. The molecule has 1 aliphatic carbocycles. The van der Waals surface area contributed by atoms with E-state index in [1.807, 2.05) is 13.8 Å². The van der Waals surface area contributed by atoms with Crippen LogP contribution in [0.25, 0.3) is 0 Å². The Labute approximate surface area is 164 Å². The molecule has 7 nitrogen and oxygen atoms in total. The zero-order valence-electron chi connectivity index (χ0n) is 16.3. The van der Waals surface area contributed by atoms with E-state index in [4.69, 9.17) is 14.6 Å². The van der Waals surface area contributed by atoms with Crippen molar-refractivity contribution in [2.75, 3.05) is 14.2 Å². The minimum absolute atomic E-state index is 0.0201. The first kappa shape index (κ1) is 20.3. The Bertz CT molecular complexity index is 1000. The second-order valence-electron chi connectivity index (χ2n) is 7.56. The van der Waals surface area contributed by atoms with Crippen molar-refractivity contribution in [2.45, 2.75) is 31.1 Å². The molecule has 1 aromatic carbocycles. The van der Waals surface area contributed by atoms with Gasteiger partial charge in [-0.25, -0.2) is 13.6 Å². The zero-order chi connectivity index (χ0) is 20.7. The summed E-state index contributed by atoms with van der Waals surface area (Å²) in [7, 11) is -0.710. The average Bonchev–Trinajstić information content (AvgIpc) is 3.23. The van der Waals surface area contributed by atoms with Crippen LogP contribution in [0.15, 0.2) is 41.3 Å².